The van der Waals surface area contributed by atoms with Gasteiger partial charge in [-0.1, -0.05) is 15.9 Å². The lowest BCUT2D eigenvalue weighted by Gasteiger charge is -2.19. The summed E-state index contributed by atoms with van der Waals surface area (Å²) in [4.78, 5) is 0. The number of rotatable bonds is 6. The third kappa shape index (κ3) is 3.40. The molecule has 102 valence electrons. The lowest BCUT2D eigenvalue weighted by atomic mass is 9.97. The van der Waals surface area contributed by atoms with Crippen LogP contribution in [0.5, 0.6) is 5.75 Å². The van der Waals surface area contributed by atoms with Crippen molar-refractivity contribution >= 4 is 27.5 Å². The Morgan fingerprint density at radius 1 is 1.11 bits per heavy atom. The molecule has 0 saturated heterocycles. The molecule has 18 heavy (non-hydrogen) atoms. The molecule has 0 fully saturated rings. The summed E-state index contributed by atoms with van der Waals surface area (Å²) < 4.78 is 6.76. The van der Waals surface area contributed by atoms with Crippen LogP contribution >= 0.6 is 27.5 Å². The Balaban J connectivity index is 3.01. The average Bonchev–Trinajstić information content (AvgIpc) is 2.38. The van der Waals surface area contributed by atoms with Gasteiger partial charge in [0.25, 0.3) is 0 Å². The molecule has 0 radical (unpaired) electrons. The van der Waals surface area contributed by atoms with Crippen molar-refractivity contribution in [3.05, 3.63) is 26.7 Å². The largest absolute Gasteiger partial charge is 0.496 e. The van der Waals surface area contributed by atoms with E-state index in [9.17, 15) is 0 Å². The quantitative estimate of drug-likeness (QED) is 0.632. The van der Waals surface area contributed by atoms with Crippen molar-refractivity contribution in [3.8, 4) is 5.75 Å². The van der Waals surface area contributed by atoms with Crippen molar-refractivity contribution in [2.45, 2.75) is 27.2 Å². The molecule has 0 atom stereocenters. The molecule has 0 aliphatic heterocycles. The van der Waals surface area contributed by atoms with Gasteiger partial charge in [-0.25, -0.2) is 0 Å². The van der Waals surface area contributed by atoms with Crippen molar-refractivity contribution < 1.29 is 4.74 Å². The first kappa shape index (κ1) is 15.8. The van der Waals surface area contributed by atoms with Crippen molar-refractivity contribution in [1.29, 1.82) is 0 Å². The van der Waals surface area contributed by atoms with Gasteiger partial charge in [0, 0.05) is 16.9 Å². The van der Waals surface area contributed by atoms with E-state index < -0.39 is 0 Å². The first-order chi connectivity index (χ1) is 8.54. The molecule has 1 aromatic carbocycles. The average molecular weight is 335 g/mol. The van der Waals surface area contributed by atoms with Crippen molar-refractivity contribution in [2.24, 2.45) is 0 Å². The van der Waals surface area contributed by atoms with Crippen LogP contribution in [0, 0.1) is 20.8 Å². The Labute approximate surface area is 123 Å². The van der Waals surface area contributed by atoms with Gasteiger partial charge in [0.15, 0.2) is 0 Å². The van der Waals surface area contributed by atoms with Gasteiger partial charge in [-0.3, -0.25) is 0 Å². The van der Waals surface area contributed by atoms with E-state index in [4.69, 9.17) is 16.3 Å². The van der Waals surface area contributed by atoms with Crippen molar-refractivity contribution in [3.63, 3.8) is 0 Å². The second-order valence-corrected chi connectivity index (χ2v) is 5.56. The molecule has 0 amide bonds. The minimum absolute atomic E-state index is 0.646. The maximum absolute atomic E-state index is 5.65. The number of alkyl halides is 1. The van der Waals surface area contributed by atoms with Crippen LogP contribution in [0.25, 0.3) is 0 Å². The molecule has 0 heterocycles. The van der Waals surface area contributed by atoms with Gasteiger partial charge in [0.2, 0.25) is 0 Å². The van der Waals surface area contributed by atoms with Gasteiger partial charge >= 0.3 is 0 Å². The van der Waals surface area contributed by atoms with Crippen LogP contribution in [-0.4, -0.2) is 26.1 Å². The van der Waals surface area contributed by atoms with Gasteiger partial charge in [0.05, 0.1) is 7.11 Å². The van der Waals surface area contributed by atoms with Crippen LogP contribution in [0.3, 0.4) is 0 Å². The minimum Gasteiger partial charge on any atom is -0.496 e. The Kier molecular flexibility index (Phi) is 6.47. The molecular weight excluding hydrogens is 314 g/mol. The van der Waals surface area contributed by atoms with Gasteiger partial charge in [0.1, 0.15) is 5.75 Å². The predicted molar refractivity (Wildman–Crippen MR) is 82.2 cm³/mol. The molecule has 2 nitrogen and oxygen atoms in total. The van der Waals surface area contributed by atoms with E-state index in [1.807, 2.05) is 0 Å². The van der Waals surface area contributed by atoms with E-state index in [-0.39, 0.29) is 0 Å². The fraction of sp³-hybridized carbons (Fsp3) is 0.571. The van der Waals surface area contributed by atoms with E-state index in [0.29, 0.717) is 5.88 Å². The first-order valence-corrected chi connectivity index (χ1v) is 7.46. The van der Waals surface area contributed by atoms with Crippen molar-refractivity contribution in [2.75, 3.05) is 26.1 Å². The first-order valence-electron chi connectivity index (χ1n) is 6.13. The van der Waals surface area contributed by atoms with Crippen LogP contribution in [0.15, 0.2) is 4.47 Å². The lowest BCUT2D eigenvalue weighted by molar-refractivity contribution is 0.405. The Hall–Kier alpha value is -0.250. The van der Waals surface area contributed by atoms with Crippen LogP contribution in [0.2, 0.25) is 0 Å². The molecule has 0 unspecified atom stereocenters. The molecule has 0 aliphatic carbocycles. The van der Waals surface area contributed by atoms with E-state index in [1.54, 1.807) is 7.11 Å². The fourth-order valence-corrected chi connectivity index (χ4v) is 2.80. The molecule has 1 N–H and O–H groups in total. The maximum atomic E-state index is 5.65. The molecule has 0 spiro atoms. The summed E-state index contributed by atoms with van der Waals surface area (Å²) in [5.41, 5.74) is 5.00. The van der Waals surface area contributed by atoms with Gasteiger partial charge < -0.3 is 10.1 Å². The van der Waals surface area contributed by atoms with Crippen LogP contribution in [0.4, 0.5) is 0 Å². The van der Waals surface area contributed by atoms with E-state index in [1.165, 1.54) is 26.7 Å². The zero-order valence-corrected chi connectivity index (χ0v) is 13.8. The molecule has 1 aromatic rings. The number of nitrogens with one attached hydrogen (secondary N) is 1. The number of hydrogen-bond acceptors (Lipinski definition) is 2. The van der Waals surface area contributed by atoms with Crippen LogP contribution in [0.1, 0.15) is 22.3 Å². The third-order valence-corrected chi connectivity index (χ3v) is 4.69. The summed E-state index contributed by atoms with van der Waals surface area (Å²) in [6.07, 6.45) is 0.950. The highest BCUT2D eigenvalue weighted by Gasteiger charge is 2.16. The van der Waals surface area contributed by atoms with Gasteiger partial charge in [-0.05, 0) is 56.0 Å². The second-order valence-electron chi connectivity index (χ2n) is 4.39. The molecule has 0 aliphatic rings. The molecule has 0 bridgehead atoms. The Bertz CT molecular complexity index is 421. The summed E-state index contributed by atoms with van der Waals surface area (Å²) in [6, 6.07) is 0. The third-order valence-electron chi connectivity index (χ3n) is 3.32. The number of ether oxygens (including phenoxy) is 1. The summed E-state index contributed by atoms with van der Waals surface area (Å²) in [7, 11) is 1.74. The maximum Gasteiger partial charge on any atom is 0.125 e. The number of benzene rings is 1. The van der Waals surface area contributed by atoms with Crippen LogP contribution < -0.4 is 10.1 Å². The summed E-state index contributed by atoms with van der Waals surface area (Å²) in [5.74, 6) is 1.66. The van der Waals surface area contributed by atoms with E-state index in [0.717, 1.165) is 25.3 Å². The van der Waals surface area contributed by atoms with Crippen molar-refractivity contribution in [1.82, 2.24) is 5.32 Å². The predicted octanol–water partition coefficient (Wildman–Crippen LogP) is 3.75. The monoisotopic (exact) mass is 333 g/mol. The van der Waals surface area contributed by atoms with Crippen LogP contribution in [-0.2, 0) is 6.42 Å². The highest BCUT2D eigenvalue weighted by Crippen LogP contribution is 2.36. The molecule has 1 rings (SSSR count). The highest BCUT2D eigenvalue weighted by molar-refractivity contribution is 9.10. The summed E-state index contributed by atoms with van der Waals surface area (Å²) in [5, 5.41) is 3.31. The zero-order chi connectivity index (χ0) is 13.7. The molecule has 0 saturated carbocycles. The molecule has 0 aromatic heterocycles. The van der Waals surface area contributed by atoms with E-state index >= 15 is 0 Å². The second kappa shape index (κ2) is 7.37. The fourth-order valence-electron chi connectivity index (χ4n) is 2.13. The highest BCUT2D eigenvalue weighted by atomic mass is 79.9. The normalized spacial score (nSPS) is 10.8. The van der Waals surface area contributed by atoms with Gasteiger partial charge in [-0.15, -0.1) is 11.6 Å². The lowest BCUT2D eigenvalue weighted by Crippen LogP contribution is -2.20. The SMILES string of the molecule is COc1c(C)c(C)c(Br)c(C)c1CCNCCCl. The standard InChI is InChI=1S/C14H21BrClNO/c1-9-10(2)14(18-4)12(11(3)13(9)15)5-7-17-8-6-16/h17H,5-8H2,1-4H3. The molecular formula is C14H21BrClNO. The summed E-state index contributed by atoms with van der Waals surface area (Å²) >= 11 is 9.32. The smallest absolute Gasteiger partial charge is 0.125 e. The molecule has 4 heteroatoms. The number of methoxy groups -OCH3 is 1. The Morgan fingerprint density at radius 3 is 2.33 bits per heavy atom. The van der Waals surface area contributed by atoms with E-state index in [2.05, 4.69) is 42.0 Å². The minimum atomic E-state index is 0.646. The number of halogens is 2. The number of hydrogen-bond donors (Lipinski definition) is 1. The topological polar surface area (TPSA) is 21.3 Å². The van der Waals surface area contributed by atoms with Gasteiger partial charge in [-0.2, -0.15) is 0 Å². The summed E-state index contributed by atoms with van der Waals surface area (Å²) in [6.45, 7) is 8.11. The Morgan fingerprint density at radius 2 is 1.78 bits per heavy atom. The zero-order valence-electron chi connectivity index (χ0n) is 11.5.